The Morgan fingerprint density at radius 1 is 1.07 bits per heavy atom. The maximum Gasteiger partial charge on any atom is 0.166 e. The van der Waals surface area contributed by atoms with E-state index in [9.17, 15) is 0 Å². The summed E-state index contributed by atoms with van der Waals surface area (Å²) in [5.41, 5.74) is 0. The van der Waals surface area contributed by atoms with Gasteiger partial charge in [0.1, 0.15) is 0 Å². The summed E-state index contributed by atoms with van der Waals surface area (Å²) in [5.74, 6) is 2.95. The van der Waals surface area contributed by atoms with Gasteiger partial charge in [0, 0.05) is 19.0 Å². The second-order valence-corrected chi connectivity index (χ2v) is 4.75. The third-order valence-corrected chi connectivity index (χ3v) is 2.83. The van der Waals surface area contributed by atoms with Crippen molar-refractivity contribution in [3.8, 4) is 0 Å². The summed E-state index contributed by atoms with van der Waals surface area (Å²) in [6.45, 7) is 9.98. The van der Waals surface area contributed by atoms with Crippen LogP contribution in [0.1, 0.15) is 34.1 Å². The van der Waals surface area contributed by atoms with Crippen molar-refractivity contribution in [1.82, 2.24) is 0 Å². The predicted octanol–water partition coefficient (Wildman–Crippen LogP) is 3.16. The quantitative estimate of drug-likeness (QED) is 0.439. The Labute approximate surface area is 92.7 Å². The van der Waals surface area contributed by atoms with Gasteiger partial charge in [-0.3, -0.25) is 0 Å². The zero-order valence-corrected chi connectivity index (χ0v) is 10.7. The molecule has 0 saturated heterocycles. The van der Waals surface area contributed by atoms with E-state index in [-0.39, 0.29) is 6.29 Å². The van der Waals surface area contributed by atoms with E-state index in [4.69, 9.17) is 9.47 Å². The molecule has 0 radical (unpaired) electrons. The molecule has 0 aliphatic carbocycles. The molecule has 0 aromatic carbocycles. The fourth-order valence-electron chi connectivity index (χ4n) is 1.01. The lowest BCUT2D eigenvalue weighted by Crippen LogP contribution is -2.20. The van der Waals surface area contributed by atoms with Gasteiger partial charge in [-0.1, -0.05) is 13.8 Å². The van der Waals surface area contributed by atoms with Crippen molar-refractivity contribution >= 4 is 11.8 Å². The molecule has 0 spiro atoms. The van der Waals surface area contributed by atoms with Crippen molar-refractivity contribution in [2.24, 2.45) is 5.92 Å². The maximum absolute atomic E-state index is 5.45. The van der Waals surface area contributed by atoms with Crippen LogP contribution in [0.15, 0.2) is 0 Å². The number of ether oxygens (including phenoxy) is 2. The molecule has 0 heterocycles. The molecule has 0 amide bonds. The lowest BCUT2D eigenvalue weighted by Gasteiger charge is -2.16. The van der Waals surface area contributed by atoms with Gasteiger partial charge in [0.05, 0.1) is 0 Å². The van der Waals surface area contributed by atoms with Gasteiger partial charge < -0.3 is 9.47 Å². The van der Waals surface area contributed by atoms with Gasteiger partial charge in [0.2, 0.25) is 0 Å². The first kappa shape index (κ1) is 14.3. The molecule has 14 heavy (non-hydrogen) atoms. The highest BCUT2D eigenvalue weighted by Gasteiger charge is 2.07. The van der Waals surface area contributed by atoms with E-state index >= 15 is 0 Å². The third kappa shape index (κ3) is 8.85. The number of rotatable bonds is 9. The Hall–Kier alpha value is 0.270. The first-order chi connectivity index (χ1) is 6.70. The van der Waals surface area contributed by atoms with Crippen LogP contribution in [-0.4, -0.2) is 31.0 Å². The summed E-state index contributed by atoms with van der Waals surface area (Å²) in [6, 6.07) is 0. The minimum absolute atomic E-state index is 0.0119. The topological polar surface area (TPSA) is 18.5 Å². The SMILES string of the molecule is CCOC(CSCCC(C)C)OCC. The summed E-state index contributed by atoms with van der Waals surface area (Å²) >= 11 is 1.92. The van der Waals surface area contributed by atoms with Gasteiger partial charge in [0.15, 0.2) is 6.29 Å². The smallest absolute Gasteiger partial charge is 0.166 e. The molecule has 2 nitrogen and oxygen atoms in total. The highest BCUT2D eigenvalue weighted by molar-refractivity contribution is 7.99. The molecule has 3 heteroatoms. The lowest BCUT2D eigenvalue weighted by atomic mass is 10.2. The summed E-state index contributed by atoms with van der Waals surface area (Å²) in [7, 11) is 0. The van der Waals surface area contributed by atoms with Crippen molar-refractivity contribution in [3.63, 3.8) is 0 Å². The average Bonchev–Trinajstić information content (AvgIpc) is 2.12. The van der Waals surface area contributed by atoms with Crippen molar-refractivity contribution < 1.29 is 9.47 Å². The van der Waals surface area contributed by atoms with E-state index in [1.807, 2.05) is 25.6 Å². The molecule has 0 atom stereocenters. The molecular formula is C11H24O2S. The summed E-state index contributed by atoms with van der Waals surface area (Å²) in [6.07, 6.45) is 1.26. The summed E-state index contributed by atoms with van der Waals surface area (Å²) < 4.78 is 10.9. The van der Waals surface area contributed by atoms with Crippen LogP contribution in [0.5, 0.6) is 0 Å². The van der Waals surface area contributed by atoms with Gasteiger partial charge >= 0.3 is 0 Å². The molecule has 0 aliphatic heterocycles. The van der Waals surface area contributed by atoms with E-state index in [2.05, 4.69) is 13.8 Å². The zero-order valence-electron chi connectivity index (χ0n) is 9.91. The van der Waals surface area contributed by atoms with E-state index in [1.54, 1.807) is 0 Å². The summed E-state index contributed by atoms with van der Waals surface area (Å²) in [5, 5.41) is 0. The molecule has 0 unspecified atom stereocenters. The van der Waals surface area contributed by atoms with Crippen LogP contribution >= 0.6 is 11.8 Å². The molecule has 0 bridgehead atoms. The fraction of sp³-hybridized carbons (Fsp3) is 1.00. The standard InChI is InChI=1S/C11H24O2S/c1-5-12-11(13-6-2)9-14-8-7-10(3)4/h10-11H,5-9H2,1-4H3. The monoisotopic (exact) mass is 220 g/mol. The Kier molecular flexibility index (Phi) is 10.0. The van der Waals surface area contributed by atoms with E-state index < -0.39 is 0 Å². The van der Waals surface area contributed by atoms with Crippen LogP contribution in [0.2, 0.25) is 0 Å². The molecule has 0 fully saturated rings. The normalized spacial score (nSPS) is 11.6. The summed E-state index contributed by atoms with van der Waals surface area (Å²) in [4.78, 5) is 0. The Balaban J connectivity index is 3.40. The first-order valence-electron chi connectivity index (χ1n) is 5.51. The highest BCUT2D eigenvalue weighted by Crippen LogP contribution is 2.12. The largest absolute Gasteiger partial charge is 0.352 e. The minimum atomic E-state index is -0.0119. The van der Waals surface area contributed by atoms with E-state index in [1.165, 1.54) is 12.2 Å². The van der Waals surface area contributed by atoms with Gasteiger partial charge in [-0.15, -0.1) is 0 Å². The van der Waals surface area contributed by atoms with Gasteiger partial charge in [0.25, 0.3) is 0 Å². The second kappa shape index (κ2) is 9.81. The van der Waals surface area contributed by atoms with Crippen molar-refractivity contribution in [2.45, 2.75) is 40.4 Å². The van der Waals surface area contributed by atoms with Crippen molar-refractivity contribution in [2.75, 3.05) is 24.7 Å². The van der Waals surface area contributed by atoms with E-state index in [0.717, 1.165) is 24.9 Å². The predicted molar refractivity (Wildman–Crippen MR) is 63.8 cm³/mol. The van der Waals surface area contributed by atoms with Crippen LogP contribution in [0.4, 0.5) is 0 Å². The van der Waals surface area contributed by atoms with E-state index in [0.29, 0.717) is 0 Å². The van der Waals surface area contributed by atoms with Crippen LogP contribution in [-0.2, 0) is 9.47 Å². The number of hydrogen-bond acceptors (Lipinski definition) is 3. The number of thioether (sulfide) groups is 1. The zero-order chi connectivity index (χ0) is 10.8. The number of hydrogen-bond donors (Lipinski definition) is 0. The Morgan fingerprint density at radius 3 is 2.07 bits per heavy atom. The molecule has 0 aromatic heterocycles. The highest BCUT2D eigenvalue weighted by atomic mass is 32.2. The maximum atomic E-state index is 5.45. The Bertz CT molecular complexity index is 112. The minimum Gasteiger partial charge on any atom is -0.352 e. The van der Waals surface area contributed by atoms with Crippen LogP contribution in [0.25, 0.3) is 0 Å². The molecule has 86 valence electrons. The Morgan fingerprint density at radius 2 is 1.64 bits per heavy atom. The molecule has 0 saturated carbocycles. The lowest BCUT2D eigenvalue weighted by molar-refractivity contribution is -0.120. The third-order valence-electron chi connectivity index (χ3n) is 1.80. The molecular weight excluding hydrogens is 196 g/mol. The molecule has 0 rings (SSSR count). The van der Waals surface area contributed by atoms with Gasteiger partial charge in [-0.2, -0.15) is 11.8 Å². The van der Waals surface area contributed by atoms with Crippen molar-refractivity contribution in [3.05, 3.63) is 0 Å². The first-order valence-corrected chi connectivity index (χ1v) is 6.67. The van der Waals surface area contributed by atoms with Crippen LogP contribution < -0.4 is 0 Å². The molecule has 0 N–H and O–H groups in total. The molecule has 0 aliphatic rings. The molecule has 0 aromatic rings. The van der Waals surface area contributed by atoms with Gasteiger partial charge in [-0.25, -0.2) is 0 Å². The van der Waals surface area contributed by atoms with Gasteiger partial charge in [-0.05, 0) is 31.9 Å². The second-order valence-electron chi connectivity index (χ2n) is 3.60. The van der Waals surface area contributed by atoms with Crippen LogP contribution in [0.3, 0.4) is 0 Å². The fourth-order valence-corrected chi connectivity index (χ4v) is 2.20. The average molecular weight is 220 g/mol. The van der Waals surface area contributed by atoms with Crippen molar-refractivity contribution in [1.29, 1.82) is 0 Å². The van der Waals surface area contributed by atoms with Crippen LogP contribution in [0, 0.1) is 5.92 Å².